The van der Waals surface area contributed by atoms with Crippen LogP contribution in [0.25, 0.3) is 0 Å². The predicted octanol–water partition coefficient (Wildman–Crippen LogP) is 2.57. The molecule has 0 radical (unpaired) electrons. The van der Waals surface area contributed by atoms with Gasteiger partial charge in [0.05, 0.1) is 19.3 Å². The van der Waals surface area contributed by atoms with E-state index in [1.165, 1.54) is 40.2 Å². The number of carbonyl (C=O) groups is 2. The number of likely N-dealkylation sites (N-methyl/N-ethyl adjacent to an activating group) is 1. The van der Waals surface area contributed by atoms with Gasteiger partial charge in [0.25, 0.3) is 5.91 Å². The molecule has 0 saturated carbocycles. The molecule has 0 spiro atoms. The number of carbonyl (C=O) groups excluding carboxylic acids is 2. The number of aryl methyl sites for hydroxylation is 1. The molecule has 1 aromatic heterocycles. The van der Waals surface area contributed by atoms with Crippen LogP contribution < -0.4 is 10.1 Å². The summed E-state index contributed by atoms with van der Waals surface area (Å²) in [7, 11) is 0.889. The van der Waals surface area contributed by atoms with Gasteiger partial charge in [-0.2, -0.15) is 4.31 Å². The average Bonchev–Trinajstić information content (AvgIpc) is 3.16. The highest BCUT2D eigenvalue weighted by molar-refractivity contribution is 7.89. The van der Waals surface area contributed by atoms with Gasteiger partial charge in [-0.15, -0.1) is 0 Å². The molecule has 2 aromatic rings. The zero-order valence-electron chi connectivity index (χ0n) is 18.3. The molecule has 0 aliphatic carbocycles. The highest BCUT2D eigenvalue weighted by Gasteiger charge is 2.29. The largest absolute Gasteiger partial charge is 0.495 e. The fraction of sp³-hybridized carbons (Fsp3) is 0.429. The predicted molar refractivity (Wildman–Crippen MR) is 122 cm³/mol. The molecule has 9 nitrogen and oxygen atoms in total. The number of hydrogen-bond donors (Lipinski definition) is 1. The smallest absolute Gasteiger partial charge is 0.270 e. The molecule has 11 heteroatoms. The average molecular weight is 483 g/mol. The van der Waals surface area contributed by atoms with Crippen molar-refractivity contribution in [2.24, 2.45) is 7.05 Å². The van der Waals surface area contributed by atoms with Crippen molar-refractivity contribution in [2.45, 2.75) is 24.2 Å². The lowest BCUT2D eigenvalue weighted by Crippen LogP contribution is -2.36. The van der Waals surface area contributed by atoms with Crippen molar-refractivity contribution in [3.8, 4) is 5.75 Å². The molecular weight excluding hydrogens is 456 g/mol. The van der Waals surface area contributed by atoms with Gasteiger partial charge < -0.3 is 19.5 Å². The van der Waals surface area contributed by atoms with Crippen LogP contribution in [0.4, 0.5) is 5.69 Å². The second-order valence-electron chi connectivity index (χ2n) is 7.69. The van der Waals surface area contributed by atoms with E-state index in [9.17, 15) is 18.0 Å². The number of nitrogens with zero attached hydrogens (tertiary/aromatic N) is 3. The van der Waals surface area contributed by atoms with Crippen LogP contribution in [-0.2, 0) is 21.9 Å². The number of ether oxygens (including phenoxy) is 1. The second kappa shape index (κ2) is 9.93. The van der Waals surface area contributed by atoms with E-state index in [-0.39, 0.29) is 17.1 Å². The van der Waals surface area contributed by atoms with E-state index in [0.717, 1.165) is 19.3 Å². The molecule has 1 aliphatic rings. The normalized spacial score (nSPS) is 14.8. The lowest BCUT2D eigenvalue weighted by Gasteiger charge is -2.25. The molecule has 2 amide bonds. The second-order valence-corrected chi connectivity index (χ2v) is 10.1. The maximum Gasteiger partial charge on any atom is 0.270 e. The first-order chi connectivity index (χ1) is 15.1. The van der Waals surface area contributed by atoms with Crippen LogP contribution in [0.15, 0.2) is 35.4 Å². The maximum absolute atomic E-state index is 12.9. The summed E-state index contributed by atoms with van der Waals surface area (Å²) in [6.45, 7) is 0.717. The number of nitrogens with one attached hydrogen (secondary N) is 1. The summed E-state index contributed by atoms with van der Waals surface area (Å²) in [4.78, 5) is 26.7. The van der Waals surface area contributed by atoms with Crippen molar-refractivity contribution in [2.75, 3.05) is 39.1 Å². The number of anilines is 1. The van der Waals surface area contributed by atoms with Crippen LogP contribution in [0, 0.1) is 0 Å². The molecule has 1 aromatic carbocycles. The van der Waals surface area contributed by atoms with Gasteiger partial charge in [-0.3, -0.25) is 9.59 Å². The third-order valence-corrected chi connectivity index (χ3v) is 7.41. The summed E-state index contributed by atoms with van der Waals surface area (Å²) < 4.78 is 34.0. The van der Waals surface area contributed by atoms with Crippen molar-refractivity contribution in [3.05, 3.63) is 41.2 Å². The Bertz CT molecular complexity index is 1110. The number of rotatable bonds is 7. The van der Waals surface area contributed by atoms with Gasteiger partial charge in [-0.1, -0.05) is 18.0 Å². The summed E-state index contributed by atoms with van der Waals surface area (Å²) in [5.74, 6) is -0.482. The Labute approximate surface area is 192 Å². The van der Waals surface area contributed by atoms with E-state index in [1.807, 2.05) is 0 Å². The number of methoxy groups -OCH3 is 1. The van der Waals surface area contributed by atoms with Crippen LogP contribution in [0.1, 0.15) is 29.8 Å². The van der Waals surface area contributed by atoms with Crippen LogP contribution in [0.5, 0.6) is 5.75 Å². The summed E-state index contributed by atoms with van der Waals surface area (Å²) in [6.07, 6.45) is 4.10. The van der Waals surface area contributed by atoms with Crippen LogP contribution in [0.3, 0.4) is 0 Å². The Morgan fingerprint density at radius 3 is 2.53 bits per heavy atom. The van der Waals surface area contributed by atoms with Crippen molar-refractivity contribution < 1.29 is 22.7 Å². The monoisotopic (exact) mass is 482 g/mol. The SMILES string of the molecule is COc1ccc(Cl)cc1NC(=O)CN(C)C(=O)c1cc(S(=O)(=O)N2CCCCC2)cn1C. The van der Waals surface area contributed by atoms with E-state index < -0.39 is 21.8 Å². The zero-order valence-corrected chi connectivity index (χ0v) is 19.9. The van der Waals surface area contributed by atoms with E-state index in [1.54, 1.807) is 25.2 Å². The van der Waals surface area contributed by atoms with E-state index >= 15 is 0 Å². The molecule has 174 valence electrons. The summed E-state index contributed by atoms with van der Waals surface area (Å²) in [6, 6.07) is 6.17. The van der Waals surface area contributed by atoms with Gasteiger partial charge in [0, 0.05) is 38.4 Å². The quantitative estimate of drug-likeness (QED) is 0.653. The van der Waals surface area contributed by atoms with Crippen LogP contribution in [-0.4, -0.2) is 67.8 Å². The van der Waals surface area contributed by atoms with Crippen molar-refractivity contribution in [1.82, 2.24) is 13.8 Å². The summed E-state index contributed by atoms with van der Waals surface area (Å²) in [5, 5.41) is 3.10. The van der Waals surface area contributed by atoms with Gasteiger partial charge in [0.15, 0.2) is 0 Å². The minimum absolute atomic E-state index is 0.0757. The molecule has 3 rings (SSSR count). The first-order valence-corrected chi connectivity index (χ1v) is 12.0. The fourth-order valence-electron chi connectivity index (χ4n) is 3.59. The van der Waals surface area contributed by atoms with E-state index in [4.69, 9.17) is 16.3 Å². The molecule has 1 aliphatic heterocycles. The number of piperidine rings is 1. The zero-order chi connectivity index (χ0) is 23.5. The van der Waals surface area contributed by atoms with E-state index in [0.29, 0.717) is 29.5 Å². The molecule has 2 heterocycles. The number of amides is 2. The number of halogens is 1. The summed E-state index contributed by atoms with van der Waals surface area (Å²) >= 11 is 5.98. The highest BCUT2D eigenvalue weighted by Crippen LogP contribution is 2.27. The Balaban J connectivity index is 1.71. The molecule has 1 N–H and O–H groups in total. The third kappa shape index (κ3) is 5.25. The molecule has 0 atom stereocenters. The first-order valence-electron chi connectivity index (χ1n) is 10.2. The van der Waals surface area contributed by atoms with Crippen LogP contribution >= 0.6 is 11.6 Å². The minimum Gasteiger partial charge on any atom is -0.495 e. The lowest BCUT2D eigenvalue weighted by molar-refractivity contribution is -0.116. The number of benzene rings is 1. The lowest BCUT2D eigenvalue weighted by atomic mass is 10.2. The number of hydrogen-bond acceptors (Lipinski definition) is 5. The molecule has 32 heavy (non-hydrogen) atoms. The highest BCUT2D eigenvalue weighted by atomic mass is 35.5. The number of sulfonamides is 1. The Hall–Kier alpha value is -2.56. The van der Waals surface area contributed by atoms with Gasteiger partial charge >= 0.3 is 0 Å². The maximum atomic E-state index is 12.9. The molecule has 1 fully saturated rings. The van der Waals surface area contributed by atoms with Crippen molar-refractivity contribution in [1.29, 1.82) is 0 Å². The van der Waals surface area contributed by atoms with Gasteiger partial charge in [-0.05, 0) is 37.1 Å². The molecular formula is C21H27ClN4O5S. The number of aromatic nitrogens is 1. The van der Waals surface area contributed by atoms with Crippen molar-refractivity contribution >= 4 is 39.1 Å². The Morgan fingerprint density at radius 2 is 1.88 bits per heavy atom. The summed E-state index contributed by atoms with van der Waals surface area (Å²) in [5.41, 5.74) is 0.566. The van der Waals surface area contributed by atoms with Gasteiger partial charge in [0.1, 0.15) is 16.3 Å². The molecule has 0 unspecified atom stereocenters. The van der Waals surface area contributed by atoms with E-state index in [2.05, 4.69) is 5.32 Å². The topological polar surface area (TPSA) is 101 Å². The van der Waals surface area contributed by atoms with Crippen molar-refractivity contribution in [3.63, 3.8) is 0 Å². The van der Waals surface area contributed by atoms with Crippen LogP contribution in [0.2, 0.25) is 5.02 Å². The minimum atomic E-state index is -3.66. The Morgan fingerprint density at radius 1 is 1.19 bits per heavy atom. The van der Waals surface area contributed by atoms with Gasteiger partial charge in [-0.25, -0.2) is 8.42 Å². The Kier molecular flexibility index (Phi) is 7.47. The standard InChI is InChI=1S/C21H27ClN4O5S/c1-24-13-16(32(29,30)26-9-5-4-6-10-26)12-18(24)21(28)25(2)14-20(27)23-17-11-15(22)7-8-19(17)31-3/h7-8,11-13H,4-6,9-10,14H2,1-3H3,(H,23,27). The fourth-order valence-corrected chi connectivity index (χ4v) is 5.35. The molecule has 0 bridgehead atoms. The molecule has 1 saturated heterocycles. The van der Waals surface area contributed by atoms with Gasteiger partial charge in [0.2, 0.25) is 15.9 Å². The third-order valence-electron chi connectivity index (χ3n) is 5.31. The first kappa shape index (κ1) is 24.1.